The van der Waals surface area contributed by atoms with Gasteiger partial charge in [0.15, 0.2) is 6.61 Å². The molecule has 0 radical (unpaired) electrons. The van der Waals surface area contributed by atoms with Crippen LogP contribution >= 0.6 is 0 Å². The van der Waals surface area contributed by atoms with E-state index in [9.17, 15) is 4.79 Å². The third-order valence-corrected chi connectivity index (χ3v) is 6.90. The summed E-state index contributed by atoms with van der Waals surface area (Å²) in [5, 5.41) is 0. The van der Waals surface area contributed by atoms with E-state index in [2.05, 4.69) is 70.4 Å². The lowest BCUT2D eigenvalue weighted by atomic mass is 9.66. The van der Waals surface area contributed by atoms with Crippen molar-refractivity contribution in [3.63, 3.8) is 0 Å². The molecule has 0 heterocycles. The lowest BCUT2D eigenvalue weighted by Crippen LogP contribution is -2.48. The number of rotatable bonds is 10. The highest BCUT2D eigenvalue weighted by molar-refractivity contribution is 5.83. The van der Waals surface area contributed by atoms with Gasteiger partial charge in [-0.15, -0.1) is 0 Å². The third kappa shape index (κ3) is 7.09. The highest BCUT2D eigenvalue weighted by atomic mass is 16.5. The zero-order chi connectivity index (χ0) is 23.6. The van der Waals surface area contributed by atoms with Crippen LogP contribution in [0.2, 0.25) is 0 Å². The Labute approximate surface area is 196 Å². The predicted octanol–water partition coefficient (Wildman–Crippen LogP) is 5.60. The molecule has 0 aliphatic heterocycles. The van der Waals surface area contributed by atoms with Crippen LogP contribution in [0.4, 0.5) is 0 Å². The molecule has 2 rings (SSSR count). The van der Waals surface area contributed by atoms with Crippen molar-refractivity contribution < 1.29 is 14.3 Å². The molecule has 1 aromatic carbocycles. The molecule has 1 fully saturated rings. The number of esters is 1. The minimum absolute atomic E-state index is 0.1000. The molecule has 1 saturated carbocycles. The molecule has 1 aromatic rings. The summed E-state index contributed by atoms with van der Waals surface area (Å²) in [5.41, 5.74) is 0.334. The molecule has 1 unspecified atom stereocenters. The van der Waals surface area contributed by atoms with Crippen molar-refractivity contribution in [2.75, 3.05) is 26.3 Å². The molecule has 0 amide bonds. The topological polar surface area (TPSA) is 38.8 Å². The molecule has 0 bridgehead atoms. The zero-order valence-electron chi connectivity index (χ0n) is 21.1. The van der Waals surface area contributed by atoms with E-state index in [1.54, 1.807) is 0 Å². The molecule has 4 heteroatoms. The van der Waals surface area contributed by atoms with E-state index < -0.39 is 5.41 Å². The van der Waals surface area contributed by atoms with E-state index in [-0.39, 0.29) is 24.2 Å². The molecule has 0 saturated heterocycles. The van der Waals surface area contributed by atoms with Crippen molar-refractivity contribution in [2.24, 2.45) is 5.92 Å². The van der Waals surface area contributed by atoms with E-state index in [4.69, 9.17) is 9.47 Å². The van der Waals surface area contributed by atoms with E-state index in [1.165, 1.54) is 19.3 Å². The minimum Gasteiger partial charge on any atom is -0.452 e. The third-order valence-electron chi connectivity index (χ3n) is 6.90. The van der Waals surface area contributed by atoms with E-state index >= 15 is 0 Å². The van der Waals surface area contributed by atoms with E-state index in [1.807, 2.05) is 18.2 Å². The number of hydrogen-bond acceptors (Lipinski definition) is 4. The Kier molecular flexibility index (Phi) is 10.3. The van der Waals surface area contributed by atoms with Gasteiger partial charge < -0.3 is 9.47 Å². The average molecular weight is 442 g/mol. The maximum absolute atomic E-state index is 13.3. The molecule has 0 aromatic heterocycles. The summed E-state index contributed by atoms with van der Waals surface area (Å²) in [6.07, 6.45) is 5.98. The van der Waals surface area contributed by atoms with Crippen LogP contribution in [0.25, 0.3) is 0 Å². The van der Waals surface area contributed by atoms with Gasteiger partial charge in [-0.3, -0.25) is 9.69 Å². The van der Waals surface area contributed by atoms with Gasteiger partial charge in [0.05, 0.1) is 24.7 Å². The fraction of sp³-hybridized carbons (Fsp3) is 0.679. The zero-order valence-corrected chi connectivity index (χ0v) is 21.1. The number of likely N-dealkylation sites (N-methyl/N-ethyl adjacent to an activating group) is 1. The number of ether oxygens (including phenoxy) is 2. The van der Waals surface area contributed by atoms with Crippen molar-refractivity contribution in [2.45, 2.75) is 90.7 Å². The van der Waals surface area contributed by atoms with Crippen molar-refractivity contribution in [1.29, 1.82) is 0 Å². The lowest BCUT2D eigenvalue weighted by molar-refractivity contribution is -0.151. The first-order chi connectivity index (χ1) is 15.2. The van der Waals surface area contributed by atoms with E-state index in [0.717, 1.165) is 24.9 Å². The molecule has 1 aliphatic carbocycles. The molecule has 4 nitrogen and oxygen atoms in total. The van der Waals surface area contributed by atoms with E-state index in [0.29, 0.717) is 19.1 Å². The van der Waals surface area contributed by atoms with Gasteiger partial charge in [-0.2, -0.15) is 0 Å². The summed E-state index contributed by atoms with van der Waals surface area (Å²) in [6, 6.07) is 10.1. The van der Waals surface area contributed by atoms with Crippen LogP contribution in [-0.4, -0.2) is 48.8 Å². The fourth-order valence-corrected chi connectivity index (χ4v) is 4.65. The molecule has 1 aliphatic rings. The first kappa shape index (κ1) is 26.4. The second-order valence-electron chi connectivity index (χ2n) is 10.0. The Hall–Kier alpha value is -1.83. The first-order valence-corrected chi connectivity index (χ1v) is 12.3. The van der Waals surface area contributed by atoms with Gasteiger partial charge in [0, 0.05) is 5.54 Å². The molecule has 178 valence electrons. The van der Waals surface area contributed by atoms with Crippen molar-refractivity contribution in [3.05, 3.63) is 35.9 Å². The van der Waals surface area contributed by atoms with Crippen LogP contribution in [0.5, 0.6) is 0 Å². The smallest absolute Gasteiger partial charge is 0.317 e. The van der Waals surface area contributed by atoms with Crippen molar-refractivity contribution in [1.82, 2.24) is 4.90 Å². The maximum Gasteiger partial charge on any atom is 0.317 e. The number of hydrogen-bond donors (Lipinski definition) is 0. The summed E-state index contributed by atoms with van der Waals surface area (Å²) < 4.78 is 11.6. The van der Waals surface area contributed by atoms with Crippen LogP contribution in [0.1, 0.15) is 79.2 Å². The van der Waals surface area contributed by atoms with Gasteiger partial charge in [-0.05, 0) is 65.5 Å². The van der Waals surface area contributed by atoms with Gasteiger partial charge in [0.2, 0.25) is 0 Å². The van der Waals surface area contributed by atoms with Crippen LogP contribution in [0, 0.1) is 17.8 Å². The summed E-state index contributed by atoms with van der Waals surface area (Å²) >= 11 is 0. The first-order valence-electron chi connectivity index (χ1n) is 12.3. The molecule has 0 spiro atoms. The summed E-state index contributed by atoms with van der Waals surface area (Å²) in [6.45, 7) is 15.0. The highest BCUT2D eigenvalue weighted by Crippen LogP contribution is 2.41. The van der Waals surface area contributed by atoms with Gasteiger partial charge >= 0.3 is 5.97 Å². The molecule has 0 N–H and O–H groups in total. The fourth-order valence-electron chi connectivity index (χ4n) is 4.65. The van der Waals surface area contributed by atoms with Gasteiger partial charge in [0.25, 0.3) is 0 Å². The summed E-state index contributed by atoms with van der Waals surface area (Å²) in [5.74, 6) is 6.43. The monoisotopic (exact) mass is 441 g/mol. The number of nitrogens with zero attached hydrogens (tertiary/aromatic N) is 1. The molecule has 32 heavy (non-hydrogen) atoms. The van der Waals surface area contributed by atoms with Gasteiger partial charge in [0.1, 0.15) is 0 Å². The molecule has 1 atom stereocenters. The Morgan fingerprint density at radius 2 is 1.75 bits per heavy atom. The Morgan fingerprint density at radius 3 is 2.34 bits per heavy atom. The predicted molar refractivity (Wildman–Crippen MR) is 132 cm³/mol. The van der Waals surface area contributed by atoms with Gasteiger partial charge in [-0.25, -0.2) is 0 Å². The van der Waals surface area contributed by atoms with Crippen LogP contribution in [0.15, 0.2) is 30.3 Å². The maximum atomic E-state index is 13.3. The Bertz CT molecular complexity index is 756. The normalized spacial score (nSPS) is 17.0. The number of benzene rings is 1. The SMILES string of the molecule is CCN(CC#CCOC(=O)C(C)(c1ccccc1)C1CCCCC1)C(C)(C)COC(C)C. The lowest BCUT2D eigenvalue weighted by Gasteiger charge is -2.38. The largest absolute Gasteiger partial charge is 0.452 e. The molecular weight excluding hydrogens is 398 g/mol. The number of carbonyl (C=O) groups excluding carboxylic acids is 1. The van der Waals surface area contributed by atoms with Crippen LogP contribution in [-0.2, 0) is 19.7 Å². The average Bonchev–Trinajstić information content (AvgIpc) is 2.80. The second-order valence-corrected chi connectivity index (χ2v) is 10.0. The van der Waals surface area contributed by atoms with Crippen molar-refractivity contribution >= 4 is 5.97 Å². The van der Waals surface area contributed by atoms with Crippen LogP contribution < -0.4 is 0 Å². The molecular formula is C28H43NO3. The quantitative estimate of drug-likeness (QED) is 0.350. The summed E-state index contributed by atoms with van der Waals surface area (Å²) in [7, 11) is 0. The van der Waals surface area contributed by atoms with Gasteiger partial charge in [-0.1, -0.05) is 68.4 Å². The van der Waals surface area contributed by atoms with Crippen molar-refractivity contribution in [3.8, 4) is 11.8 Å². The standard InChI is InChI=1S/C28H43NO3/c1-7-29(27(4,5)22-32-23(2)3)20-14-15-21-31-26(30)28(6,24-16-10-8-11-17-24)25-18-12-9-13-19-25/h8,10-11,16-17,23,25H,7,9,12-13,18-22H2,1-6H3. The number of carbonyl (C=O) groups is 1. The highest BCUT2D eigenvalue weighted by Gasteiger charge is 2.44. The van der Waals surface area contributed by atoms with Crippen LogP contribution in [0.3, 0.4) is 0 Å². The Morgan fingerprint density at radius 1 is 1.09 bits per heavy atom. The minimum atomic E-state index is -0.616. The summed E-state index contributed by atoms with van der Waals surface area (Å²) in [4.78, 5) is 15.6. The Balaban J connectivity index is 2.00. The second kappa shape index (κ2) is 12.4.